The summed E-state index contributed by atoms with van der Waals surface area (Å²) < 4.78 is 5.55. The first-order chi connectivity index (χ1) is 9.28. The third-order valence-corrected chi connectivity index (χ3v) is 2.80. The van der Waals surface area contributed by atoms with E-state index in [2.05, 4.69) is 22.4 Å². The van der Waals surface area contributed by atoms with Gasteiger partial charge in [-0.1, -0.05) is 30.7 Å². The van der Waals surface area contributed by atoms with Crippen LogP contribution in [0.1, 0.15) is 18.2 Å². The minimum absolute atomic E-state index is 0.457. The minimum Gasteiger partial charge on any atom is -0.472 e. The summed E-state index contributed by atoms with van der Waals surface area (Å²) in [4.78, 5) is 0. The van der Waals surface area contributed by atoms with Gasteiger partial charge < -0.3 is 10.1 Å². The van der Waals surface area contributed by atoms with Crippen LogP contribution in [-0.2, 0) is 13.2 Å². The lowest BCUT2D eigenvalue weighted by molar-refractivity contribution is 0.289. The van der Waals surface area contributed by atoms with Crippen molar-refractivity contribution in [2.45, 2.75) is 20.1 Å². The zero-order chi connectivity index (χ0) is 13.5. The molecule has 1 N–H and O–H groups in total. The van der Waals surface area contributed by atoms with E-state index in [1.807, 2.05) is 36.4 Å². The number of nitrogens with zero attached hydrogens (tertiary/aromatic N) is 2. The van der Waals surface area contributed by atoms with Crippen LogP contribution in [0.3, 0.4) is 0 Å². The normalized spacial score (nSPS) is 10.4. The number of benzene rings is 1. The van der Waals surface area contributed by atoms with Gasteiger partial charge in [0.2, 0.25) is 5.88 Å². The number of halogens is 1. The molecule has 0 aliphatic carbocycles. The standard InChI is InChI=1S/C14H16ClN3O/c1-2-16-9-13-7-8-14(18-17-13)19-10-11-3-5-12(15)6-4-11/h3-8,16H,2,9-10H2,1H3. The minimum atomic E-state index is 0.457. The number of hydrogen-bond acceptors (Lipinski definition) is 4. The Labute approximate surface area is 117 Å². The third-order valence-electron chi connectivity index (χ3n) is 2.55. The molecule has 0 bridgehead atoms. The smallest absolute Gasteiger partial charge is 0.233 e. The van der Waals surface area contributed by atoms with Crippen molar-refractivity contribution in [2.75, 3.05) is 6.54 Å². The van der Waals surface area contributed by atoms with Gasteiger partial charge in [-0.3, -0.25) is 0 Å². The molecule has 0 aliphatic heterocycles. The van der Waals surface area contributed by atoms with Gasteiger partial charge in [-0.2, -0.15) is 5.10 Å². The van der Waals surface area contributed by atoms with E-state index in [4.69, 9.17) is 16.3 Å². The average molecular weight is 278 g/mol. The maximum atomic E-state index is 5.82. The van der Waals surface area contributed by atoms with E-state index < -0.39 is 0 Å². The summed E-state index contributed by atoms with van der Waals surface area (Å²) in [7, 11) is 0. The fourth-order valence-electron chi connectivity index (χ4n) is 1.51. The highest BCUT2D eigenvalue weighted by atomic mass is 35.5. The molecule has 0 fully saturated rings. The molecule has 0 radical (unpaired) electrons. The Balaban J connectivity index is 1.87. The van der Waals surface area contributed by atoms with Crippen LogP contribution in [0.25, 0.3) is 0 Å². The summed E-state index contributed by atoms with van der Waals surface area (Å²) in [5, 5.41) is 12.0. The predicted molar refractivity (Wildman–Crippen MR) is 75.2 cm³/mol. The number of ether oxygens (including phenoxy) is 1. The van der Waals surface area contributed by atoms with Crippen LogP contribution in [0.2, 0.25) is 5.02 Å². The van der Waals surface area contributed by atoms with Crippen molar-refractivity contribution < 1.29 is 4.74 Å². The topological polar surface area (TPSA) is 47.0 Å². The van der Waals surface area contributed by atoms with Gasteiger partial charge in [0.15, 0.2) is 0 Å². The molecule has 0 amide bonds. The van der Waals surface area contributed by atoms with Crippen LogP contribution in [0, 0.1) is 0 Å². The monoisotopic (exact) mass is 277 g/mol. The van der Waals surface area contributed by atoms with Crippen molar-refractivity contribution in [3.63, 3.8) is 0 Å². The lowest BCUT2D eigenvalue weighted by atomic mass is 10.2. The second-order valence-electron chi connectivity index (χ2n) is 4.06. The second kappa shape index (κ2) is 7.07. The highest BCUT2D eigenvalue weighted by molar-refractivity contribution is 6.30. The van der Waals surface area contributed by atoms with Gasteiger partial charge in [0.1, 0.15) is 6.61 Å². The summed E-state index contributed by atoms with van der Waals surface area (Å²) in [5.74, 6) is 0.523. The summed E-state index contributed by atoms with van der Waals surface area (Å²) in [6.45, 7) is 4.15. The van der Waals surface area contributed by atoms with Crippen LogP contribution in [0.15, 0.2) is 36.4 Å². The highest BCUT2D eigenvalue weighted by Crippen LogP contribution is 2.12. The maximum absolute atomic E-state index is 5.82. The molecule has 0 saturated heterocycles. The molecular weight excluding hydrogens is 262 g/mol. The first-order valence-corrected chi connectivity index (χ1v) is 6.56. The molecular formula is C14H16ClN3O. The van der Waals surface area contributed by atoms with Crippen molar-refractivity contribution in [1.82, 2.24) is 15.5 Å². The van der Waals surface area contributed by atoms with Gasteiger partial charge in [0.25, 0.3) is 0 Å². The fraction of sp³-hybridized carbons (Fsp3) is 0.286. The van der Waals surface area contributed by atoms with E-state index in [0.717, 1.165) is 29.4 Å². The number of rotatable bonds is 6. The van der Waals surface area contributed by atoms with E-state index in [9.17, 15) is 0 Å². The molecule has 0 unspecified atom stereocenters. The summed E-state index contributed by atoms with van der Waals surface area (Å²) in [6.07, 6.45) is 0. The summed E-state index contributed by atoms with van der Waals surface area (Å²) in [5.41, 5.74) is 1.95. The molecule has 2 rings (SSSR count). The molecule has 100 valence electrons. The first kappa shape index (κ1) is 13.8. The van der Waals surface area contributed by atoms with Crippen molar-refractivity contribution in [3.05, 3.63) is 52.7 Å². The number of aromatic nitrogens is 2. The van der Waals surface area contributed by atoms with Crippen molar-refractivity contribution in [3.8, 4) is 5.88 Å². The lowest BCUT2D eigenvalue weighted by Crippen LogP contribution is -2.13. The van der Waals surface area contributed by atoms with E-state index in [1.165, 1.54) is 0 Å². The summed E-state index contributed by atoms with van der Waals surface area (Å²) in [6, 6.07) is 11.3. The highest BCUT2D eigenvalue weighted by Gasteiger charge is 1.99. The zero-order valence-corrected chi connectivity index (χ0v) is 11.5. The SMILES string of the molecule is CCNCc1ccc(OCc2ccc(Cl)cc2)nn1. The lowest BCUT2D eigenvalue weighted by Gasteiger charge is -2.06. The molecule has 0 atom stereocenters. The number of hydrogen-bond donors (Lipinski definition) is 1. The van der Waals surface area contributed by atoms with Crippen LogP contribution in [-0.4, -0.2) is 16.7 Å². The molecule has 0 aliphatic rings. The van der Waals surface area contributed by atoms with Crippen LogP contribution < -0.4 is 10.1 Å². The molecule has 1 aromatic heterocycles. The maximum Gasteiger partial charge on any atom is 0.233 e. The molecule has 1 aromatic carbocycles. The Bertz CT molecular complexity index is 499. The molecule has 5 heteroatoms. The van der Waals surface area contributed by atoms with Gasteiger partial charge >= 0.3 is 0 Å². The summed E-state index contributed by atoms with van der Waals surface area (Å²) >= 11 is 5.82. The van der Waals surface area contributed by atoms with Crippen LogP contribution in [0.5, 0.6) is 5.88 Å². The Morgan fingerprint density at radius 3 is 2.53 bits per heavy atom. The Kier molecular flexibility index (Phi) is 5.12. The molecule has 4 nitrogen and oxygen atoms in total. The number of nitrogens with one attached hydrogen (secondary N) is 1. The first-order valence-electron chi connectivity index (χ1n) is 6.18. The molecule has 0 spiro atoms. The second-order valence-corrected chi connectivity index (χ2v) is 4.49. The largest absolute Gasteiger partial charge is 0.472 e. The van der Waals surface area contributed by atoms with E-state index >= 15 is 0 Å². The predicted octanol–water partition coefficient (Wildman–Crippen LogP) is 2.82. The van der Waals surface area contributed by atoms with E-state index in [0.29, 0.717) is 12.5 Å². The Morgan fingerprint density at radius 2 is 1.89 bits per heavy atom. The Hall–Kier alpha value is -1.65. The van der Waals surface area contributed by atoms with Crippen molar-refractivity contribution in [1.29, 1.82) is 0 Å². The zero-order valence-electron chi connectivity index (χ0n) is 10.8. The van der Waals surface area contributed by atoms with Gasteiger partial charge in [-0.05, 0) is 30.3 Å². The van der Waals surface area contributed by atoms with Gasteiger partial charge in [0.05, 0.1) is 5.69 Å². The van der Waals surface area contributed by atoms with E-state index in [1.54, 1.807) is 0 Å². The molecule has 2 aromatic rings. The molecule has 1 heterocycles. The quantitative estimate of drug-likeness (QED) is 0.882. The van der Waals surface area contributed by atoms with Gasteiger partial charge in [-0.25, -0.2) is 0 Å². The third kappa shape index (κ3) is 4.50. The van der Waals surface area contributed by atoms with Crippen molar-refractivity contribution >= 4 is 11.6 Å². The molecule has 0 saturated carbocycles. The van der Waals surface area contributed by atoms with Crippen molar-refractivity contribution in [2.24, 2.45) is 0 Å². The fourth-order valence-corrected chi connectivity index (χ4v) is 1.64. The van der Waals surface area contributed by atoms with Crippen LogP contribution in [0.4, 0.5) is 0 Å². The average Bonchev–Trinajstić information content (AvgIpc) is 2.46. The van der Waals surface area contributed by atoms with Crippen LogP contribution >= 0.6 is 11.6 Å². The molecule has 19 heavy (non-hydrogen) atoms. The van der Waals surface area contributed by atoms with Gasteiger partial charge in [-0.15, -0.1) is 5.10 Å². The Morgan fingerprint density at radius 1 is 1.11 bits per heavy atom. The van der Waals surface area contributed by atoms with Gasteiger partial charge in [0, 0.05) is 17.6 Å². The van der Waals surface area contributed by atoms with E-state index in [-0.39, 0.29) is 0 Å².